The largest absolute Gasteiger partial charge is 0.494 e. The third-order valence-electron chi connectivity index (χ3n) is 6.08. The molecular weight excluding hydrogens is 367 g/mol. The van der Waals surface area contributed by atoms with E-state index in [1.54, 1.807) is 4.90 Å². The number of ether oxygens (including phenoxy) is 1. The van der Waals surface area contributed by atoms with Crippen LogP contribution in [0.4, 0.5) is 4.79 Å². The van der Waals surface area contributed by atoms with Crippen LogP contribution in [-0.4, -0.2) is 66.0 Å². The fraction of sp³-hybridized carbons (Fsp3) is 0.682. The lowest BCUT2D eigenvalue weighted by atomic mass is 9.79. The Morgan fingerprint density at radius 1 is 1.14 bits per heavy atom. The number of benzene rings is 1. The number of likely N-dealkylation sites (N-methyl/N-ethyl adjacent to an activating group) is 1. The third-order valence-corrected chi connectivity index (χ3v) is 6.08. The van der Waals surface area contributed by atoms with Crippen molar-refractivity contribution in [2.24, 2.45) is 0 Å². The molecule has 1 aromatic carbocycles. The van der Waals surface area contributed by atoms with Gasteiger partial charge in [0.1, 0.15) is 5.60 Å². The molecular formula is C22H35BN2O4. The summed E-state index contributed by atoms with van der Waals surface area (Å²) in [6.07, 6.45) is -0.256. The summed E-state index contributed by atoms with van der Waals surface area (Å²) in [7, 11) is 1.49. The molecule has 0 saturated carbocycles. The highest BCUT2D eigenvalue weighted by molar-refractivity contribution is 6.62. The molecule has 0 atom stereocenters. The normalized spacial score (nSPS) is 21.7. The highest BCUT2D eigenvalue weighted by atomic mass is 16.7. The van der Waals surface area contributed by atoms with Gasteiger partial charge in [-0.15, -0.1) is 0 Å². The van der Waals surface area contributed by atoms with E-state index in [0.717, 1.165) is 25.1 Å². The number of nitrogens with zero attached hydrogens (tertiary/aromatic N) is 2. The highest BCUT2D eigenvalue weighted by Crippen LogP contribution is 2.36. The third kappa shape index (κ3) is 4.96. The van der Waals surface area contributed by atoms with Gasteiger partial charge in [-0.1, -0.05) is 24.3 Å². The minimum absolute atomic E-state index is 0.203. The Balaban J connectivity index is 1.49. The van der Waals surface area contributed by atoms with Crippen LogP contribution < -0.4 is 5.46 Å². The predicted octanol–water partition coefficient (Wildman–Crippen LogP) is 3.04. The lowest BCUT2D eigenvalue weighted by Crippen LogP contribution is -2.59. The second-order valence-corrected chi connectivity index (χ2v) is 10.3. The van der Waals surface area contributed by atoms with Gasteiger partial charge in [-0.05, 0) is 59.5 Å². The molecule has 7 heteroatoms. The Labute approximate surface area is 175 Å². The molecule has 2 aliphatic rings. The molecule has 1 amide bonds. The maximum atomic E-state index is 12.2. The van der Waals surface area contributed by atoms with Gasteiger partial charge in [-0.2, -0.15) is 0 Å². The summed E-state index contributed by atoms with van der Waals surface area (Å²) in [4.78, 5) is 16.2. The van der Waals surface area contributed by atoms with Crippen LogP contribution in [0.5, 0.6) is 0 Å². The first kappa shape index (κ1) is 22.1. The fourth-order valence-corrected chi connectivity index (χ4v) is 3.42. The minimum Gasteiger partial charge on any atom is -0.444 e. The summed E-state index contributed by atoms with van der Waals surface area (Å²) in [5.41, 5.74) is 1.15. The molecule has 0 N–H and O–H groups in total. The van der Waals surface area contributed by atoms with Gasteiger partial charge < -0.3 is 18.9 Å². The van der Waals surface area contributed by atoms with Gasteiger partial charge in [0.15, 0.2) is 0 Å². The number of carbonyl (C=O) groups is 1. The molecule has 2 aliphatic heterocycles. The van der Waals surface area contributed by atoms with Gasteiger partial charge in [0.25, 0.3) is 0 Å². The van der Waals surface area contributed by atoms with Crippen molar-refractivity contribution in [3.8, 4) is 0 Å². The van der Waals surface area contributed by atoms with Crippen LogP contribution >= 0.6 is 0 Å². The van der Waals surface area contributed by atoms with Crippen molar-refractivity contribution < 1.29 is 18.8 Å². The lowest BCUT2D eigenvalue weighted by Gasteiger charge is -2.44. The first-order valence-electron chi connectivity index (χ1n) is 10.4. The monoisotopic (exact) mass is 402 g/mol. The Bertz CT molecular complexity index is 720. The van der Waals surface area contributed by atoms with Crippen LogP contribution in [0.25, 0.3) is 0 Å². The molecule has 2 saturated heterocycles. The SMILES string of the molecule is CN(C(=O)OC(C)(C)C)C1CN(Cc2ccc(B3OC(C)(C)C(C)(C)O3)cc2)C1. The zero-order chi connectivity index (χ0) is 21.6. The van der Waals surface area contributed by atoms with Crippen LogP contribution in [0.1, 0.15) is 54.0 Å². The van der Waals surface area contributed by atoms with E-state index in [-0.39, 0.29) is 30.5 Å². The Morgan fingerprint density at radius 2 is 1.66 bits per heavy atom. The van der Waals surface area contributed by atoms with Gasteiger partial charge in [0.05, 0.1) is 17.2 Å². The highest BCUT2D eigenvalue weighted by Gasteiger charge is 2.51. The molecule has 3 rings (SSSR count). The molecule has 0 radical (unpaired) electrons. The average molecular weight is 402 g/mol. The van der Waals surface area contributed by atoms with E-state index in [9.17, 15) is 4.79 Å². The van der Waals surface area contributed by atoms with Crippen molar-refractivity contribution in [1.29, 1.82) is 0 Å². The number of hydrogen-bond acceptors (Lipinski definition) is 5. The molecule has 6 nitrogen and oxygen atoms in total. The Kier molecular flexibility index (Phi) is 5.80. The van der Waals surface area contributed by atoms with Crippen molar-refractivity contribution in [2.45, 2.75) is 77.9 Å². The summed E-state index contributed by atoms with van der Waals surface area (Å²) >= 11 is 0. The van der Waals surface area contributed by atoms with E-state index < -0.39 is 5.60 Å². The predicted molar refractivity (Wildman–Crippen MR) is 115 cm³/mol. The van der Waals surface area contributed by atoms with Crippen molar-refractivity contribution in [1.82, 2.24) is 9.80 Å². The Hall–Kier alpha value is -1.57. The smallest absolute Gasteiger partial charge is 0.444 e. The quantitative estimate of drug-likeness (QED) is 0.725. The molecule has 0 unspecified atom stereocenters. The van der Waals surface area contributed by atoms with Crippen LogP contribution in [-0.2, 0) is 20.6 Å². The zero-order valence-corrected chi connectivity index (χ0v) is 19.1. The molecule has 2 heterocycles. The van der Waals surface area contributed by atoms with E-state index in [0.29, 0.717) is 0 Å². The van der Waals surface area contributed by atoms with Gasteiger partial charge in [-0.3, -0.25) is 4.90 Å². The van der Waals surface area contributed by atoms with Gasteiger partial charge >= 0.3 is 13.2 Å². The van der Waals surface area contributed by atoms with Crippen LogP contribution in [0.2, 0.25) is 0 Å². The molecule has 29 heavy (non-hydrogen) atoms. The molecule has 0 spiro atoms. The first-order valence-corrected chi connectivity index (χ1v) is 10.4. The topological polar surface area (TPSA) is 51.2 Å². The van der Waals surface area contributed by atoms with Gasteiger partial charge in [0.2, 0.25) is 0 Å². The maximum Gasteiger partial charge on any atom is 0.494 e. The molecule has 0 aromatic heterocycles. The summed E-state index contributed by atoms with van der Waals surface area (Å²) in [5, 5.41) is 0. The van der Waals surface area contributed by atoms with E-state index in [2.05, 4.69) is 56.9 Å². The van der Waals surface area contributed by atoms with E-state index in [1.165, 1.54) is 5.56 Å². The maximum absolute atomic E-state index is 12.2. The molecule has 160 valence electrons. The summed E-state index contributed by atoms with van der Waals surface area (Å²) in [6, 6.07) is 8.63. The van der Waals surface area contributed by atoms with Gasteiger partial charge in [-0.25, -0.2) is 4.79 Å². The summed E-state index contributed by atoms with van der Waals surface area (Å²) in [5.74, 6) is 0. The summed E-state index contributed by atoms with van der Waals surface area (Å²) < 4.78 is 17.7. The molecule has 2 fully saturated rings. The minimum atomic E-state index is -0.465. The lowest BCUT2D eigenvalue weighted by molar-refractivity contribution is -0.00573. The van der Waals surface area contributed by atoms with Gasteiger partial charge in [0, 0.05) is 26.7 Å². The van der Waals surface area contributed by atoms with E-state index in [1.807, 2.05) is 27.8 Å². The van der Waals surface area contributed by atoms with Crippen molar-refractivity contribution in [2.75, 3.05) is 20.1 Å². The molecule has 0 aliphatic carbocycles. The van der Waals surface area contributed by atoms with Crippen molar-refractivity contribution in [3.63, 3.8) is 0 Å². The van der Waals surface area contributed by atoms with Crippen LogP contribution in [0.3, 0.4) is 0 Å². The van der Waals surface area contributed by atoms with Crippen LogP contribution in [0, 0.1) is 0 Å². The second-order valence-electron chi connectivity index (χ2n) is 10.3. The Morgan fingerprint density at radius 3 is 2.14 bits per heavy atom. The second kappa shape index (κ2) is 7.60. The average Bonchev–Trinajstić information content (AvgIpc) is 2.77. The zero-order valence-electron chi connectivity index (χ0n) is 19.1. The number of likely N-dealkylation sites (tertiary alicyclic amines) is 1. The first-order chi connectivity index (χ1) is 13.3. The van der Waals surface area contributed by atoms with Crippen LogP contribution in [0.15, 0.2) is 24.3 Å². The fourth-order valence-electron chi connectivity index (χ4n) is 3.42. The molecule has 0 bridgehead atoms. The number of carbonyl (C=O) groups excluding carboxylic acids is 1. The van der Waals surface area contributed by atoms with E-state index >= 15 is 0 Å². The standard InChI is InChI=1S/C22H35BN2O4/c1-20(2,3)27-19(26)24(8)18-14-25(15-18)13-16-9-11-17(12-10-16)23-28-21(4,5)22(6,7)29-23/h9-12,18H,13-15H2,1-8H3. The van der Waals surface area contributed by atoms with Crippen molar-refractivity contribution >= 4 is 18.7 Å². The number of rotatable bonds is 4. The van der Waals surface area contributed by atoms with Crippen molar-refractivity contribution in [3.05, 3.63) is 29.8 Å². The number of hydrogen-bond donors (Lipinski definition) is 0. The number of amides is 1. The summed E-state index contributed by atoms with van der Waals surface area (Å²) in [6.45, 7) is 16.5. The molecule has 1 aromatic rings. The van der Waals surface area contributed by atoms with E-state index in [4.69, 9.17) is 14.0 Å².